The Morgan fingerprint density at radius 3 is 2.69 bits per heavy atom. The van der Waals surface area contributed by atoms with E-state index in [4.69, 9.17) is 11.5 Å². The van der Waals surface area contributed by atoms with Gasteiger partial charge in [0, 0.05) is 19.4 Å². The number of carbonyl (C=O) groups is 2. The van der Waals surface area contributed by atoms with Gasteiger partial charge >= 0.3 is 12.0 Å². The SMILES string of the molecule is C#CCC(NC(=O)NCCC#CC)C(=O)O. The van der Waals surface area contributed by atoms with Gasteiger partial charge in [-0.05, 0) is 6.92 Å². The minimum atomic E-state index is -1.15. The van der Waals surface area contributed by atoms with E-state index >= 15 is 0 Å². The fraction of sp³-hybridized carbons (Fsp3) is 0.455. The molecule has 0 spiro atoms. The van der Waals surface area contributed by atoms with Crippen LogP contribution in [0.5, 0.6) is 0 Å². The average molecular weight is 222 g/mol. The number of carboxylic acids is 1. The van der Waals surface area contributed by atoms with Gasteiger partial charge in [0.1, 0.15) is 6.04 Å². The molecule has 2 amide bonds. The van der Waals surface area contributed by atoms with Crippen molar-refractivity contribution in [3.05, 3.63) is 0 Å². The van der Waals surface area contributed by atoms with Crippen molar-refractivity contribution in [2.24, 2.45) is 0 Å². The van der Waals surface area contributed by atoms with E-state index in [2.05, 4.69) is 28.4 Å². The molecule has 0 saturated heterocycles. The number of hydrogen-bond donors (Lipinski definition) is 3. The number of terminal acetylenes is 1. The molecule has 0 aromatic heterocycles. The van der Waals surface area contributed by atoms with Crippen molar-refractivity contribution in [2.75, 3.05) is 6.54 Å². The molecule has 3 N–H and O–H groups in total. The molecule has 86 valence electrons. The second-order valence-corrected chi connectivity index (χ2v) is 2.88. The molecule has 0 aliphatic heterocycles. The molecule has 5 nitrogen and oxygen atoms in total. The van der Waals surface area contributed by atoms with Crippen LogP contribution in [0.3, 0.4) is 0 Å². The number of carbonyl (C=O) groups excluding carboxylic acids is 1. The molecule has 0 saturated carbocycles. The summed E-state index contributed by atoms with van der Waals surface area (Å²) in [6.45, 7) is 2.07. The molecule has 0 aromatic rings. The molecule has 0 rings (SSSR count). The van der Waals surface area contributed by atoms with Crippen molar-refractivity contribution >= 4 is 12.0 Å². The highest BCUT2D eigenvalue weighted by Crippen LogP contribution is 1.90. The number of hydrogen-bond acceptors (Lipinski definition) is 2. The molecule has 0 heterocycles. The third-order valence-electron chi connectivity index (χ3n) is 1.64. The fourth-order valence-corrected chi connectivity index (χ4v) is 0.891. The number of nitrogens with one attached hydrogen (secondary N) is 2. The van der Waals surface area contributed by atoms with Crippen molar-refractivity contribution in [1.29, 1.82) is 0 Å². The minimum absolute atomic E-state index is 0.0441. The van der Waals surface area contributed by atoms with E-state index in [1.54, 1.807) is 6.92 Å². The number of rotatable bonds is 5. The second-order valence-electron chi connectivity index (χ2n) is 2.88. The Bertz CT molecular complexity index is 346. The number of aliphatic carboxylic acids is 1. The van der Waals surface area contributed by atoms with Crippen LogP contribution in [-0.4, -0.2) is 29.7 Å². The summed E-state index contributed by atoms with van der Waals surface area (Å²) in [7, 11) is 0. The largest absolute Gasteiger partial charge is 0.480 e. The molecular formula is C11H14N2O3. The van der Waals surface area contributed by atoms with Crippen LogP contribution >= 0.6 is 0 Å². The molecule has 0 radical (unpaired) electrons. The van der Waals surface area contributed by atoms with Gasteiger partial charge in [-0.3, -0.25) is 0 Å². The van der Waals surface area contributed by atoms with Crippen LogP contribution in [0.2, 0.25) is 0 Å². The Morgan fingerprint density at radius 2 is 2.19 bits per heavy atom. The van der Waals surface area contributed by atoms with Gasteiger partial charge < -0.3 is 15.7 Å². The zero-order valence-electron chi connectivity index (χ0n) is 9.04. The van der Waals surface area contributed by atoms with Crippen molar-refractivity contribution in [3.8, 4) is 24.2 Å². The van der Waals surface area contributed by atoms with Crippen molar-refractivity contribution in [3.63, 3.8) is 0 Å². The van der Waals surface area contributed by atoms with E-state index < -0.39 is 18.0 Å². The van der Waals surface area contributed by atoms with Crippen LogP contribution in [0.25, 0.3) is 0 Å². The maximum atomic E-state index is 11.2. The summed E-state index contributed by atoms with van der Waals surface area (Å²) in [6, 6.07) is -1.61. The van der Waals surface area contributed by atoms with Crippen LogP contribution in [0, 0.1) is 24.2 Å². The van der Waals surface area contributed by atoms with Gasteiger partial charge in [-0.1, -0.05) is 0 Å². The van der Waals surface area contributed by atoms with Gasteiger partial charge in [0.05, 0.1) is 0 Å². The quantitative estimate of drug-likeness (QED) is 0.458. The lowest BCUT2D eigenvalue weighted by atomic mass is 10.2. The first-order valence-corrected chi connectivity index (χ1v) is 4.72. The molecule has 16 heavy (non-hydrogen) atoms. The van der Waals surface area contributed by atoms with Crippen LogP contribution < -0.4 is 10.6 Å². The van der Waals surface area contributed by atoms with Crippen LogP contribution in [-0.2, 0) is 4.79 Å². The topological polar surface area (TPSA) is 78.4 Å². The highest BCUT2D eigenvalue weighted by Gasteiger charge is 2.17. The summed E-state index contributed by atoms with van der Waals surface area (Å²) in [5.41, 5.74) is 0. The minimum Gasteiger partial charge on any atom is -0.480 e. The predicted molar refractivity (Wildman–Crippen MR) is 59.5 cm³/mol. The van der Waals surface area contributed by atoms with Gasteiger partial charge in [-0.25, -0.2) is 9.59 Å². The Hall–Kier alpha value is -2.14. The lowest BCUT2D eigenvalue weighted by Gasteiger charge is -2.11. The van der Waals surface area contributed by atoms with E-state index in [1.807, 2.05) is 0 Å². The summed E-state index contributed by atoms with van der Waals surface area (Å²) in [5.74, 6) is 6.48. The molecule has 0 fully saturated rings. The molecule has 1 atom stereocenters. The van der Waals surface area contributed by atoms with Gasteiger partial charge in [-0.2, -0.15) is 0 Å². The first-order chi connectivity index (χ1) is 7.61. The third-order valence-corrected chi connectivity index (χ3v) is 1.64. The monoisotopic (exact) mass is 222 g/mol. The van der Waals surface area contributed by atoms with Gasteiger partial charge in [0.2, 0.25) is 0 Å². The molecular weight excluding hydrogens is 208 g/mol. The fourth-order valence-electron chi connectivity index (χ4n) is 0.891. The Kier molecular flexibility index (Phi) is 7.10. The maximum absolute atomic E-state index is 11.2. The van der Waals surface area contributed by atoms with Crippen molar-refractivity contribution in [1.82, 2.24) is 10.6 Å². The van der Waals surface area contributed by atoms with Gasteiger partial charge in [-0.15, -0.1) is 24.2 Å². The van der Waals surface area contributed by atoms with Crippen LogP contribution in [0.15, 0.2) is 0 Å². The van der Waals surface area contributed by atoms with Gasteiger partial charge in [0.15, 0.2) is 0 Å². The zero-order valence-corrected chi connectivity index (χ0v) is 9.04. The first-order valence-electron chi connectivity index (χ1n) is 4.72. The Morgan fingerprint density at radius 1 is 1.50 bits per heavy atom. The standard InChI is InChI=1S/C11H14N2O3/c1-3-5-6-8-12-11(16)13-9(7-4-2)10(14)15/h2,9H,6-8H2,1H3,(H,14,15)(H2,12,13,16). The average Bonchev–Trinajstić information content (AvgIpc) is 2.23. The van der Waals surface area contributed by atoms with Crippen molar-refractivity contribution < 1.29 is 14.7 Å². The van der Waals surface area contributed by atoms with Crippen LogP contribution in [0.1, 0.15) is 19.8 Å². The number of carboxylic acid groups (broad SMARTS) is 1. The first kappa shape index (κ1) is 13.9. The maximum Gasteiger partial charge on any atom is 0.327 e. The normalized spacial score (nSPS) is 10.2. The highest BCUT2D eigenvalue weighted by molar-refractivity contribution is 5.82. The molecule has 0 bridgehead atoms. The molecule has 0 aliphatic rings. The molecule has 1 unspecified atom stereocenters. The number of amides is 2. The lowest BCUT2D eigenvalue weighted by molar-refractivity contribution is -0.139. The molecule has 0 aliphatic carbocycles. The Balaban J connectivity index is 3.95. The van der Waals surface area contributed by atoms with Crippen LogP contribution in [0.4, 0.5) is 4.79 Å². The molecule has 0 aromatic carbocycles. The summed E-state index contributed by atoms with van der Waals surface area (Å²) in [5, 5.41) is 13.4. The summed E-state index contributed by atoms with van der Waals surface area (Å²) >= 11 is 0. The molecule has 5 heteroatoms. The number of urea groups is 1. The smallest absolute Gasteiger partial charge is 0.327 e. The third kappa shape index (κ3) is 6.33. The summed E-state index contributed by atoms with van der Waals surface area (Å²) in [4.78, 5) is 21.8. The van der Waals surface area contributed by atoms with E-state index in [9.17, 15) is 9.59 Å². The van der Waals surface area contributed by atoms with Crippen molar-refractivity contribution in [2.45, 2.75) is 25.8 Å². The van der Waals surface area contributed by atoms with E-state index in [0.29, 0.717) is 13.0 Å². The highest BCUT2D eigenvalue weighted by atomic mass is 16.4. The predicted octanol–water partition coefficient (Wildman–Crippen LogP) is 0.175. The van der Waals surface area contributed by atoms with Gasteiger partial charge in [0.25, 0.3) is 0 Å². The Labute approximate surface area is 94.6 Å². The van der Waals surface area contributed by atoms with E-state index in [-0.39, 0.29) is 6.42 Å². The summed E-state index contributed by atoms with van der Waals surface area (Å²) in [6.07, 6.45) is 5.46. The summed E-state index contributed by atoms with van der Waals surface area (Å²) < 4.78 is 0. The van der Waals surface area contributed by atoms with E-state index in [0.717, 1.165) is 0 Å². The lowest BCUT2D eigenvalue weighted by Crippen LogP contribution is -2.46. The second kappa shape index (κ2) is 8.19. The van der Waals surface area contributed by atoms with E-state index in [1.165, 1.54) is 0 Å². The zero-order chi connectivity index (χ0) is 12.4.